The van der Waals surface area contributed by atoms with E-state index in [4.69, 9.17) is 5.11 Å². The van der Waals surface area contributed by atoms with Crippen molar-refractivity contribution in [2.24, 2.45) is 5.92 Å². The van der Waals surface area contributed by atoms with Gasteiger partial charge in [0, 0.05) is 12.8 Å². The van der Waals surface area contributed by atoms with Gasteiger partial charge in [-0.25, -0.2) is 5.21 Å². The van der Waals surface area contributed by atoms with Gasteiger partial charge in [0.15, 0.2) is 0 Å². The SMILES string of the molecule is C[N+](C)(O)[C@@H]1CC[C@H](C(=O)O)C1. The standard InChI is InChI=1S/C8H15NO3/c1-9(2,12)7-4-3-6(5-7)8(10)11/h6-7,12H,3-5H2,1-2H3/p+1/t6-,7+/m0/s1. The summed E-state index contributed by atoms with van der Waals surface area (Å²) in [6, 6.07) is 0.0890. The Balaban J connectivity index is 2.51. The van der Waals surface area contributed by atoms with Gasteiger partial charge in [-0.2, -0.15) is 4.65 Å². The molecule has 4 heteroatoms. The Bertz CT molecular complexity index is 185. The van der Waals surface area contributed by atoms with Crippen molar-refractivity contribution in [2.45, 2.75) is 25.3 Å². The molecule has 0 aromatic rings. The molecule has 1 saturated carbocycles. The van der Waals surface area contributed by atoms with E-state index in [0.29, 0.717) is 12.8 Å². The first-order chi connectivity index (χ1) is 5.41. The number of rotatable bonds is 2. The summed E-state index contributed by atoms with van der Waals surface area (Å²) in [4.78, 5) is 10.6. The average molecular weight is 174 g/mol. The van der Waals surface area contributed by atoms with E-state index in [1.165, 1.54) is 0 Å². The Morgan fingerprint density at radius 2 is 2.00 bits per heavy atom. The van der Waals surface area contributed by atoms with Crippen LogP contribution >= 0.6 is 0 Å². The third-order valence-corrected chi connectivity index (χ3v) is 2.65. The zero-order chi connectivity index (χ0) is 9.35. The van der Waals surface area contributed by atoms with Crippen LogP contribution in [0, 0.1) is 5.92 Å². The molecule has 2 N–H and O–H groups in total. The number of hydrogen-bond donors (Lipinski definition) is 2. The molecule has 1 fully saturated rings. The van der Waals surface area contributed by atoms with Gasteiger partial charge in [0.25, 0.3) is 0 Å². The van der Waals surface area contributed by atoms with Crippen LogP contribution in [0.15, 0.2) is 0 Å². The van der Waals surface area contributed by atoms with Gasteiger partial charge in [0.05, 0.1) is 20.0 Å². The second kappa shape index (κ2) is 3.03. The van der Waals surface area contributed by atoms with Crippen LogP contribution in [0.2, 0.25) is 0 Å². The predicted octanol–water partition coefficient (Wildman–Crippen LogP) is 0.705. The van der Waals surface area contributed by atoms with Gasteiger partial charge in [-0.3, -0.25) is 4.79 Å². The van der Waals surface area contributed by atoms with Crippen LogP contribution in [0.1, 0.15) is 19.3 Å². The highest BCUT2D eigenvalue weighted by Crippen LogP contribution is 2.30. The number of hydrogen-bond acceptors (Lipinski definition) is 2. The van der Waals surface area contributed by atoms with E-state index >= 15 is 0 Å². The first-order valence-electron chi connectivity index (χ1n) is 4.20. The molecule has 0 radical (unpaired) electrons. The third kappa shape index (κ3) is 1.95. The molecule has 0 aliphatic heterocycles. The molecule has 0 aromatic heterocycles. The van der Waals surface area contributed by atoms with E-state index in [1.54, 1.807) is 14.1 Å². The second-order valence-corrected chi connectivity index (χ2v) is 3.98. The van der Waals surface area contributed by atoms with Crippen LogP contribution in [0.3, 0.4) is 0 Å². The summed E-state index contributed by atoms with van der Waals surface area (Å²) < 4.78 is -0.107. The number of carboxylic acid groups (broad SMARTS) is 1. The molecule has 1 aliphatic rings. The Morgan fingerprint density at radius 1 is 1.42 bits per heavy atom. The molecule has 0 saturated heterocycles. The highest BCUT2D eigenvalue weighted by atomic mass is 16.5. The lowest BCUT2D eigenvalue weighted by Gasteiger charge is -2.26. The molecule has 0 unspecified atom stereocenters. The lowest BCUT2D eigenvalue weighted by molar-refractivity contribution is -1.09. The third-order valence-electron chi connectivity index (χ3n) is 2.65. The lowest BCUT2D eigenvalue weighted by atomic mass is 10.1. The van der Waals surface area contributed by atoms with Gasteiger partial charge in [-0.1, -0.05) is 0 Å². The largest absolute Gasteiger partial charge is 0.481 e. The maximum atomic E-state index is 10.6. The van der Waals surface area contributed by atoms with Crippen molar-refractivity contribution in [3.63, 3.8) is 0 Å². The van der Waals surface area contributed by atoms with Crippen molar-refractivity contribution < 1.29 is 19.8 Å². The first-order valence-corrected chi connectivity index (χ1v) is 4.20. The fourth-order valence-corrected chi connectivity index (χ4v) is 1.76. The average Bonchev–Trinajstić information content (AvgIpc) is 2.30. The van der Waals surface area contributed by atoms with E-state index in [-0.39, 0.29) is 16.6 Å². The van der Waals surface area contributed by atoms with Gasteiger partial charge in [-0.15, -0.1) is 0 Å². The van der Waals surface area contributed by atoms with Crippen LogP contribution < -0.4 is 0 Å². The predicted molar refractivity (Wildman–Crippen MR) is 42.7 cm³/mol. The van der Waals surface area contributed by atoms with Crippen LogP contribution in [0.4, 0.5) is 0 Å². The van der Waals surface area contributed by atoms with Gasteiger partial charge in [0.1, 0.15) is 6.04 Å². The van der Waals surface area contributed by atoms with Crippen molar-refractivity contribution in [2.75, 3.05) is 14.1 Å². The molecule has 0 heterocycles. The topological polar surface area (TPSA) is 57.5 Å². The number of quaternary nitrogens is 1. The number of nitrogens with zero attached hydrogens (tertiary/aromatic N) is 1. The molecule has 0 amide bonds. The zero-order valence-corrected chi connectivity index (χ0v) is 7.53. The molecule has 1 aliphatic carbocycles. The summed E-state index contributed by atoms with van der Waals surface area (Å²) in [5.74, 6) is -0.981. The smallest absolute Gasteiger partial charge is 0.306 e. The first kappa shape index (κ1) is 9.48. The van der Waals surface area contributed by atoms with E-state index in [1.807, 2.05) is 0 Å². The molecule has 12 heavy (non-hydrogen) atoms. The van der Waals surface area contributed by atoms with Gasteiger partial charge >= 0.3 is 5.97 Å². The zero-order valence-electron chi connectivity index (χ0n) is 7.53. The number of hydroxylamine groups is 3. The van der Waals surface area contributed by atoms with Crippen molar-refractivity contribution in [1.29, 1.82) is 0 Å². The summed E-state index contributed by atoms with van der Waals surface area (Å²) in [5.41, 5.74) is 0. The minimum atomic E-state index is -0.731. The van der Waals surface area contributed by atoms with Gasteiger partial charge in [0.2, 0.25) is 0 Å². The van der Waals surface area contributed by atoms with E-state index in [0.717, 1.165) is 6.42 Å². The Labute approximate surface area is 72.0 Å². The van der Waals surface area contributed by atoms with Crippen LogP contribution in [0.5, 0.6) is 0 Å². The lowest BCUT2D eigenvalue weighted by Crippen LogP contribution is -2.44. The van der Waals surface area contributed by atoms with Crippen molar-refractivity contribution in [1.82, 2.24) is 0 Å². The molecule has 0 bridgehead atoms. The summed E-state index contributed by atoms with van der Waals surface area (Å²) in [6.07, 6.45) is 2.10. The maximum Gasteiger partial charge on any atom is 0.306 e. The van der Waals surface area contributed by atoms with Gasteiger partial charge < -0.3 is 5.11 Å². The summed E-state index contributed by atoms with van der Waals surface area (Å²) in [6.45, 7) is 0. The summed E-state index contributed by atoms with van der Waals surface area (Å²) in [5, 5.41) is 18.3. The highest BCUT2D eigenvalue weighted by molar-refractivity contribution is 5.70. The molecule has 1 rings (SSSR count). The fourth-order valence-electron chi connectivity index (χ4n) is 1.76. The van der Waals surface area contributed by atoms with Crippen LogP contribution in [-0.4, -0.2) is 41.1 Å². The molecular formula is C8H16NO3+. The summed E-state index contributed by atoms with van der Waals surface area (Å²) in [7, 11) is 3.38. The Kier molecular flexibility index (Phi) is 2.39. The van der Waals surface area contributed by atoms with Crippen molar-refractivity contribution in [3.05, 3.63) is 0 Å². The molecule has 0 aromatic carbocycles. The number of carboxylic acids is 1. The molecule has 70 valence electrons. The van der Waals surface area contributed by atoms with E-state index in [2.05, 4.69) is 0 Å². The quantitative estimate of drug-likeness (QED) is 0.478. The molecule has 0 spiro atoms. The highest BCUT2D eigenvalue weighted by Gasteiger charge is 2.38. The second-order valence-electron chi connectivity index (χ2n) is 3.98. The van der Waals surface area contributed by atoms with Gasteiger partial charge in [-0.05, 0) is 6.42 Å². The Morgan fingerprint density at radius 3 is 2.25 bits per heavy atom. The molecular weight excluding hydrogens is 158 g/mol. The fraction of sp³-hybridized carbons (Fsp3) is 0.875. The van der Waals surface area contributed by atoms with E-state index in [9.17, 15) is 10.0 Å². The number of aliphatic carboxylic acids is 1. The monoisotopic (exact) mass is 174 g/mol. The minimum Gasteiger partial charge on any atom is -0.481 e. The summed E-state index contributed by atoms with van der Waals surface area (Å²) >= 11 is 0. The molecule has 2 atom stereocenters. The van der Waals surface area contributed by atoms with Crippen LogP contribution in [0.25, 0.3) is 0 Å². The van der Waals surface area contributed by atoms with Crippen LogP contribution in [-0.2, 0) is 4.79 Å². The maximum absolute atomic E-state index is 10.6. The van der Waals surface area contributed by atoms with Crippen molar-refractivity contribution >= 4 is 5.97 Å². The van der Waals surface area contributed by atoms with E-state index < -0.39 is 5.97 Å². The Hall–Kier alpha value is -0.610. The van der Waals surface area contributed by atoms with Crippen molar-refractivity contribution in [3.8, 4) is 0 Å². The minimum absolute atomic E-state index is 0.0890. The normalized spacial score (nSPS) is 30.6. The number of carbonyl (C=O) groups is 1. The molecule has 4 nitrogen and oxygen atoms in total.